The summed E-state index contributed by atoms with van der Waals surface area (Å²) in [7, 11) is -2.03. The molecule has 25 heavy (non-hydrogen) atoms. The van der Waals surface area contributed by atoms with Crippen molar-refractivity contribution in [2.45, 2.75) is 18.7 Å². The molecule has 2 aromatic carbocycles. The summed E-state index contributed by atoms with van der Waals surface area (Å²) < 4.78 is 34.8. The summed E-state index contributed by atoms with van der Waals surface area (Å²) in [6, 6.07) is 12.1. The first-order valence-corrected chi connectivity index (χ1v) is 9.47. The van der Waals surface area contributed by atoms with Gasteiger partial charge in [0.15, 0.2) is 0 Å². The number of aromatic nitrogens is 3. The van der Waals surface area contributed by atoms with Gasteiger partial charge >= 0.3 is 0 Å². The molecule has 0 N–H and O–H groups in total. The van der Waals surface area contributed by atoms with Gasteiger partial charge in [-0.3, -0.25) is 4.31 Å². The van der Waals surface area contributed by atoms with Crippen LogP contribution in [0.2, 0.25) is 0 Å². The van der Waals surface area contributed by atoms with Crippen LogP contribution in [-0.4, -0.2) is 36.6 Å². The molecule has 0 saturated heterocycles. The maximum Gasteiger partial charge on any atom is 0.266 e. The van der Waals surface area contributed by atoms with Crippen LogP contribution in [0.1, 0.15) is 13.8 Å². The summed E-state index contributed by atoms with van der Waals surface area (Å²) >= 11 is 0. The average molecular weight is 360 g/mol. The monoisotopic (exact) mass is 360 g/mol. The molecule has 0 spiro atoms. The molecule has 0 aliphatic heterocycles. The van der Waals surface area contributed by atoms with Gasteiger partial charge in [0.2, 0.25) is 0 Å². The first-order chi connectivity index (χ1) is 12.0. The van der Waals surface area contributed by atoms with Gasteiger partial charge in [-0.25, -0.2) is 13.1 Å². The van der Waals surface area contributed by atoms with Crippen LogP contribution in [0.15, 0.2) is 47.4 Å². The van der Waals surface area contributed by atoms with Crippen molar-refractivity contribution in [1.82, 2.24) is 15.0 Å². The summed E-state index contributed by atoms with van der Waals surface area (Å²) in [5.74, 6) is 0.704. The summed E-state index contributed by atoms with van der Waals surface area (Å²) in [4.78, 5) is 0.147. The van der Waals surface area contributed by atoms with Crippen molar-refractivity contribution in [3.8, 4) is 5.75 Å². The van der Waals surface area contributed by atoms with E-state index >= 15 is 0 Å². The molecule has 0 unspecified atom stereocenters. The first-order valence-electron chi connectivity index (χ1n) is 8.03. The minimum atomic E-state index is -3.77. The second kappa shape index (κ2) is 6.72. The highest BCUT2D eigenvalue weighted by Crippen LogP contribution is 2.28. The van der Waals surface area contributed by atoms with Gasteiger partial charge < -0.3 is 4.74 Å². The number of rotatable bonds is 6. The Bertz CT molecular complexity index is 981. The molecule has 132 valence electrons. The second-order valence-corrected chi connectivity index (χ2v) is 7.26. The fourth-order valence-electron chi connectivity index (χ4n) is 2.73. The van der Waals surface area contributed by atoms with E-state index in [0.717, 1.165) is 0 Å². The van der Waals surface area contributed by atoms with Crippen molar-refractivity contribution < 1.29 is 13.2 Å². The highest BCUT2D eigenvalue weighted by atomic mass is 32.2. The quantitative estimate of drug-likeness (QED) is 0.675. The second-order valence-electron chi connectivity index (χ2n) is 5.43. The van der Waals surface area contributed by atoms with E-state index in [2.05, 4.69) is 10.3 Å². The Kier molecular flexibility index (Phi) is 4.63. The fourth-order valence-corrected chi connectivity index (χ4v) is 4.34. The van der Waals surface area contributed by atoms with E-state index in [1.54, 1.807) is 61.1 Å². The van der Waals surface area contributed by atoms with Gasteiger partial charge in [0.25, 0.3) is 10.0 Å². The molecule has 0 aliphatic carbocycles. The summed E-state index contributed by atoms with van der Waals surface area (Å²) in [5.41, 5.74) is 1.62. The molecule has 0 bridgehead atoms. The molecule has 8 heteroatoms. The lowest BCUT2D eigenvalue weighted by atomic mass is 10.3. The van der Waals surface area contributed by atoms with Crippen molar-refractivity contribution >= 4 is 26.7 Å². The summed E-state index contributed by atoms with van der Waals surface area (Å²) in [6.45, 7) is 4.56. The third kappa shape index (κ3) is 3.05. The SMILES string of the molecule is CCOc1ccc(N(CC)S(=O)(=O)c2cccc3c2nnn3C)cc1. The maximum atomic E-state index is 13.2. The molecule has 3 rings (SSSR count). The first kappa shape index (κ1) is 17.2. The molecule has 7 nitrogen and oxygen atoms in total. The molecule has 0 fully saturated rings. The number of nitrogens with zero attached hydrogens (tertiary/aromatic N) is 4. The van der Waals surface area contributed by atoms with Crippen LogP contribution < -0.4 is 9.04 Å². The molecule has 0 atom stereocenters. The van der Waals surface area contributed by atoms with E-state index in [9.17, 15) is 8.42 Å². The number of hydrogen-bond acceptors (Lipinski definition) is 5. The van der Waals surface area contributed by atoms with Crippen molar-refractivity contribution in [2.75, 3.05) is 17.5 Å². The molecule has 0 amide bonds. The summed E-state index contributed by atoms with van der Waals surface area (Å²) in [6.07, 6.45) is 0. The maximum absolute atomic E-state index is 13.2. The van der Waals surface area contributed by atoms with Crippen molar-refractivity contribution in [3.63, 3.8) is 0 Å². The van der Waals surface area contributed by atoms with Gasteiger partial charge in [-0.1, -0.05) is 11.3 Å². The average Bonchev–Trinajstić information content (AvgIpc) is 2.98. The molecule has 0 saturated carbocycles. The predicted molar refractivity (Wildman–Crippen MR) is 96.3 cm³/mol. The number of fused-ring (bicyclic) bond motifs is 1. The fraction of sp³-hybridized carbons (Fsp3) is 0.294. The Morgan fingerprint density at radius 2 is 1.84 bits per heavy atom. The highest BCUT2D eigenvalue weighted by Gasteiger charge is 2.27. The number of anilines is 1. The van der Waals surface area contributed by atoms with Crippen LogP contribution in [-0.2, 0) is 17.1 Å². The molecule has 1 heterocycles. The van der Waals surface area contributed by atoms with Crippen molar-refractivity contribution in [1.29, 1.82) is 0 Å². The normalized spacial score (nSPS) is 11.6. The van der Waals surface area contributed by atoms with E-state index in [0.29, 0.717) is 35.6 Å². The third-order valence-electron chi connectivity index (χ3n) is 3.90. The molecular formula is C17H20N4O3S. The number of benzene rings is 2. The van der Waals surface area contributed by atoms with E-state index in [-0.39, 0.29) is 4.90 Å². The zero-order valence-electron chi connectivity index (χ0n) is 14.4. The van der Waals surface area contributed by atoms with E-state index in [1.807, 2.05) is 6.92 Å². The van der Waals surface area contributed by atoms with Gasteiger partial charge in [-0.05, 0) is 50.2 Å². The smallest absolute Gasteiger partial charge is 0.266 e. The molecule has 3 aromatic rings. The molecular weight excluding hydrogens is 340 g/mol. The van der Waals surface area contributed by atoms with Gasteiger partial charge in [-0.15, -0.1) is 5.10 Å². The van der Waals surface area contributed by atoms with Gasteiger partial charge in [-0.2, -0.15) is 0 Å². The van der Waals surface area contributed by atoms with Crippen LogP contribution >= 0.6 is 0 Å². The van der Waals surface area contributed by atoms with Crippen LogP contribution in [0.5, 0.6) is 5.75 Å². The van der Waals surface area contributed by atoms with Gasteiger partial charge in [0.1, 0.15) is 16.2 Å². The van der Waals surface area contributed by atoms with Crippen LogP contribution in [0, 0.1) is 0 Å². The third-order valence-corrected chi connectivity index (χ3v) is 5.83. The predicted octanol–water partition coefficient (Wildman–Crippen LogP) is 2.58. The number of sulfonamides is 1. The van der Waals surface area contributed by atoms with E-state index in [1.165, 1.54) is 4.31 Å². The van der Waals surface area contributed by atoms with Crippen molar-refractivity contribution in [2.24, 2.45) is 7.05 Å². The Morgan fingerprint density at radius 1 is 1.12 bits per heavy atom. The highest BCUT2D eigenvalue weighted by molar-refractivity contribution is 7.93. The topological polar surface area (TPSA) is 77.3 Å². The zero-order chi connectivity index (χ0) is 18.0. The zero-order valence-corrected chi connectivity index (χ0v) is 15.2. The van der Waals surface area contributed by atoms with Crippen LogP contribution in [0.3, 0.4) is 0 Å². The Labute approximate surface area is 146 Å². The lowest BCUT2D eigenvalue weighted by Crippen LogP contribution is -2.30. The lowest BCUT2D eigenvalue weighted by molar-refractivity contribution is 0.340. The molecule has 0 radical (unpaired) electrons. The minimum Gasteiger partial charge on any atom is -0.494 e. The van der Waals surface area contributed by atoms with E-state index in [4.69, 9.17) is 4.74 Å². The lowest BCUT2D eigenvalue weighted by Gasteiger charge is -2.23. The number of aryl methyl sites for hydroxylation is 1. The van der Waals surface area contributed by atoms with E-state index < -0.39 is 10.0 Å². The van der Waals surface area contributed by atoms with Crippen molar-refractivity contribution in [3.05, 3.63) is 42.5 Å². The standard InChI is InChI=1S/C17H20N4O3S/c1-4-21(13-9-11-14(12-10-13)24-5-2)25(22,23)16-8-6-7-15-17(16)18-19-20(15)3/h6-12H,4-5H2,1-3H3. The molecule has 0 aliphatic rings. The van der Waals surface area contributed by atoms with Crippen LogP contribution in [0.4, 0.5) is 5.69 Å². The Balaban J connectivity index is 2.06. The number of hydrogen-bond donors (Lipinski definition) is 0. The van der Waals surface area contributed by atoms with Gasteiger partial charge in [0.05, 0.1) is 17.8 Å². The number of ether oxygens (including phenoxy) is 1. The Hall–Kier alpha value is -2.61. The minimum absolute atomic E-state index is 0.147. The molecule has 1 aromatic heterocycles. The summed E-state index contributed by atoms with van der Waals surface area (Å²) in [5, 5.41) is 7.95. The van der Waals surface area contributed by atoms with Crippen LogP contribution in [0.25, 0.3) is 11.0 Å². The Morgan fingerprint density at radius 3 is 2.48 bits per heavy atom. The van der Waals surface area contributed by atoms with Gasteiger partial charge in [0, 0.05) is 13.6 Å². The largest absolute Gasteiger partial charge is 0.494 e.